The number of rotatable bonds is 6. The number of carboxylic acids is 1. The third-order valence-electron chi connectivity index (χ3n) is 5.60. The van der Waals surface area contributed by atoms with E-state index in [9.17, 15) is 23.1 Å². The van der Waals surface area contributed by atoms with Crippen LogP contribution in [0.15, 0.2) is 71.8 Å². The summed E-state index contributed by atoms with van der Waals surface area (Å²) in [5, 5.41) is 12.0. The van der Waals surface area contributed by atoms with Gasteiger partial charge in [-0.1, -0.05) is 51.5 Å². The molecule has 2 aromatic carbocycles. The van der Waals surface area contributed by atoms with Crippen molar-refractivity contribution in [3.8, 4) is 0 Å². The van der Waals surface area contributed by atoms with Gasteiger partial charge >= 0.3 is 5.97 Å². The summed E-state index contributed by atoms with van der Waals surface area (Å²) in [5.74, 6) is -0.960. The number of nitrogens with zero attached hydrogens (tertiary/aromatic N) is 3. The van der Waals surface area contributed by atoms with Crippen LogP contribution >= 0.6 is 0 Å². The summed E-state index contributed by atoms with van der Waals surface area (Å²) in [6.45, 7) is 11.3. The normalized spacial score (nSPS) is 13.3. The van der Waals surface area contributed by atoms with E-state index in [1.54, 1.807) is 19.2 Å². The van der Waals surface area contributed by atoms with Crippen molar-refractivity contribution >= 4 is 33.4 Å². The molecule has 2 heterocycles. The lowest BCUT2D eigenvalue weighted by molar-refractivity contribution is 0.0698. The molecule has 3 aromatic rings. The van der Waals surface area contributed by atoms with Crippen molar-refractivity contribution in [3.63, 3.8) is 0 Å². The van der Waals surface area contributed by atoms with Gasteiger partial charge in [0.05, 0.1) is 16.1 Å². The predicted octanol–water partition coefficient (Wildman–Crippen LogP) is 4.90. The van der Waals surface area contributed by atoms with Crippen LogP contribution in [-0.4, -0.2) is 60.9 Å². The van der Waals surface area contributed by atoms with E-state index in [2.05, 4.69) is 10.3 Å². The summed E-state index contributed by atoms with van der Waals surface area (Å²) < 4.78 is 27.8. The van der Waals surface area contributed by atoms with E-state index in [0.717, 1.165) is 11.4 Å². The Kier molecular flexibility index (Phi) is 11.4. The maximum absolute atomic E-state index is 13.2. The minimum absolute atomic E-state index is 0.00815. The highest BCUT2D eigenvalue weighted by molar-refractivity contribution is 7.89. The van der Waals surface area contributed by atoms with Crippen LogP contribution in [0.25, 0.3) is 0 Å². The van der Waals surface area contributed by atoms with E-state index in [4.69, 9.17) is 0 Å². The number of sulfonamides is 1. The Morgan fingerprint density at radius 1 is 0.895 bits per heavy atom. The molecule has 4 rings (SSSR count). The maximum Gasteiger partial charge on any atom is 0.337 e. The monoisotopic (exact) mass is 540 g/mol. The fourth-order valence-electron chi connectivity index (χ4n) is 3.78. The molecule has 0 atom stereocenters. The van der Waals surface area contributed by atoms with Gasteiger partial charge in [0.25, 0.3) is 5.91 Å². The number of carboxylic acid groups (broad SMARTS) is 1. The molecule has 204 valence electrons. The van der Waals surface area contributed by atoms with Crippen molar-refractivity contribution in [2.45, 2.75) is 39.5 Å². The van der Waals surface area contributed by atoms with Gasteiger partial charge in [-0.05, 0) is 49.4 Å². The first kappa shape index (κ1) is 30.5. The van der Waals surface area contributed by atoms with E-state index in [0.29, 0.717) is 26.2 Å². The molecule has 2 N–H and O–H groups in total. The molecule has 38 heavy (non-hydrogen) atoms. The third-order valence-corrected chi connectivity index (χ3v) is 7.49. The molecule has 0 saturated carbocycles. The fourth-order valence-corrected chi connectivity index (χ4v) is 5.25. The number of carbonyl (C=O) groups is 2. The number of hydrogen-bond donors (Lipinski definition) is 2. The Morgan fingerprint density at radius 2 is 1.58 bits per heavy atom. The molecule has 10 heteroatoms. The number of anilines is 2. The molecule has 1 fully saturated rings. The van der Waals surface area contributed by atoms with Crippen LogP contribution in [0.3, 0.4) is 0 Å². The minimum atomic E-state index is -3.81. The smallest absolute Gasteiger partial charge is 0.337 e. The number of aromatic nitrogens is 1. The summed E-state index contributed by atoms with van der Waals surface area (Å²) >= 11 is 0. The summed E-state index contributed by atoms with van der Waals surface area (Å²) in [6.07, 6.45) is 1.70. The second-order valence-corrected chi connectivity index (χ2v) is 9.85. The van der Waals surface area contributed by atoms with Crippen molar-refractivity contribution < 1.29 is 23.1 Å². The maximum atomic E-state index is 13.2. The fraction of sp³-hybridized carbons (Fsp3) is 0.321. The quantitative estimate of drug-likeness (QED) is 0.456. The Hall–Kier alpha value is -3.76. The standard InChI is InChI=1S/C24H24N4O5S.2C2H6/c1-17-8-9-21(20(15-17)24(30)31)26-23(29)18-5-4-6-19(16-18)34(32,33)28-13-11-27(12-14-28)22-7-2-3-10-25-22;2*1-2/h2-10,15-16H,11-14H2,1H3,(H,26,29)(H,30,31);2*1-2H3. The molecule has 1 saturated heterocycles. The average Bonchev–Trinajstić information content (AvgIpc) is 2.96. The molecule has 9 nitrogen and oxygen atoms in total. The lowest BCUT2D eigenvalue weighted by Gasteiger charge is -2.34. The van der Waals surface area contributed by atoms with Crippen LogP contribution in [0.1, 0.15) is 54.0 Å². The molecule has 0 radical (unpaired) electrons. The minimum Gasteiger partial charge on any atom is -0.478 e. The summed E-state index contributed by atoms with van der Waals surface area (Å²) in [5.41, 5.74) is 0.960. The van der Waals surface area contributed by atoms with Gasteiger partial charge < -0.3 is 15.3 Å². The molecule has 1 aliphatic rings. The van der Waals surface area contributed by atoms with Gasteiger partial charge in [0.15, 0.2) is 0 Å². The van der Waals surface area contributed by atoms with Gasteiger partial charge in [0.1, 0.15) is 5.82 Å². The van der Waals surface area contributed by atoms with E-state index in [1.807, 2.05) is 50.8 Å². The van der Waals surface area contributed by atoms with Gasteiger partial charge in [0, 0.05) is 37.9 Å². The molecule has 1 aromatic heterocycles. The average molecular weight is 541 g/mol. The zero-order chi connectivity index (χ0) is 28.3. The Bertz CT molecular complexity index is 1320. The molecule has 1 amide bonds. The summed E-state index contributed by atoms with van der Waals surface area (Å²) in [4.78, 5) is 30.7. The van der Waals surface area contributed by atoms with Crippen molar-refractivity contribution in [2.75, 3.05) is 36.4 Å². The van der Waals surface area contributed by atoms with Gasteiger partial charge in [-0.2, -0.15) is 4.31 Å². The number of hydrogen-bond acceptors (Lipinski definition) is 6. The summed E-state index contributed by atoms with van der Waals surface area (Å²) in [6, 6.07) is 16.0. The summed E-state index contributed by atoms with van der Waals surface area (Å²) in [7, 11) is -3.81. The van der Waals surface area contributed by atoms with Crippen LogP contribution in [-0.2, 0) is 10.0 Å². The van der Waals surface area contributed by atoms with Gasteiger partial charge in [-0.25, -0.2) is 18.2 Å². The zero-order valence-electron chi connectivity index (χ0n) is 22.5. The van der Waals surface area contributed by atoms with Crippen molar-refractivity contribution in [2.24, 2.45) is 0 Å². The number of aryl methyl sites for hydroxylation is 1. The van der Waals surface area contributed by atoms with E-state index in [-0.39, 0.29) is 21.7 Å². The highest BCUT2D eigenvalue weighted by atomic mass is 32.2. The second kappa shape index (κ2) is 14.3. The van der Waals surface area contributed by atoms with Crippen molar-refractivity contribution in [1.82, 2.24) is 9.29 Å². The largest absolute Gasteiger partial charge is 0.478 e. The molecular formula is C28H36N4O5S. The van der Waals surface area contributed by atoms with Crippen LogP contribution in [0, 0.1) is 6.92 Å². The lowest BCUT2D eigenvalue weighted by atomic mass is 10.1. The number of pyridine rings is 1. The second-order valence-electron chi connectivity index (χ2n) is 7.92. The molecule has 0 spiro atoms. The van der Waals surface area contributed by atoms with E-state index < -0.39 is 21.9 Å². The van der Waals surface area contributed by atoms with Crippen LogP contribution < -0.4 is 10.2 Å². The molecular weight excluding hydrogens is 504 g/mol. The Labute approximate surface area is 225 Å². The Balaban J connectivity index is 0.00000121. The number of aromatic carboxylic acids is 1. The Morgan fingerprint density at radius 3 is 2.18 bits per heavy atom. The van der Waals surface area contributed by atoms with Gasteiger partial charge in [-0.15, -0.1) is 0 Å². The van der Waals surface area contributed by atoms with Gasteiger partial charge in [0.2, 0.25) is 10.0 Å². The predicted molar refractivity (Wildman–Crippen MR) is 150 cm³/mol. The van der Waals surface area contributed by atoms with Crippen molar-refractivity contribution in [3.05, 3.63) is 83.6 Å². The highest BCUT2D eigenvalue weighted by Gasteiger charge is 2.29. The molecule has 0 bridgehead atoms. The van der Waals surface area contributed by atoms with Crippen molar-refractivity contribution in [1.29, 1.82) is 0 Å². The molecule has 0 aliphatic carbocycles. The first-order valence-electron chi connectivity index (χ1n) is 12.7. The number of nitrogens with one attached hydrogen (secondary N) is 1. The van der Waals surface area contributed by atoms with Crippen LogP contribution in [0.4, 0.5) is 11.5 Å². The number of benzene rings is 2. The van der Waals surface area contributed by atoms with Gasteiger partial charge in [-0.3, -0.25) is 4.79 Å². The third kappa shape index (κ3) is 7.39. The van der Waals surface area contributed by atoms with Crippen LogP contribution in [0.5, 0.6) is 0 Å². The molecule has 1 aliphatic heterocycles. The number of carbonyl (C=O) groups excluding carboxylic acids is 1. The van der Waals surface area contributed by atoms with Crippen LogP contribution in [0.2, 0.25) is 0 Å². The van der Waals surface area contributed by atoms with E-state index >= 15 is 0 Å². The first-order chi connectivity index (χ1) is 18.3. The first-order valence-corrected chi connectivity index (χ1v) is 14.1. The number of amides is 1. The van der Waals surface area contributed by atoms with E-state index in [1.165, 1.54) is 40.7 Å². The highest BCUT2D eigenvalue weighted by Crippen LogP contribution is 2.22. The lowest BCUT2D eigenvalue weighted by Crippen LogP contribution is -2.48. The molecule has 0 unspecified atom stereocenters. The number of piperazine rings is 1. The topological polar surface area (TPSA) is 120 Å². The SMILES string of the molecule is CC.CC.Cc1ccc(NC(=O)c2cccc(S(=O)(=O)N3CCN(c4ccccn4)CC3)c2)c(C(=O)O)c1. The zero-order valence-corrected chi connectivity index (χ0v) is 23.3.